The van der Waals surface area contributed by atoms with E-state index < -0.39 is 6.04 Å². The van der Waals surface area contributed by atoms with Crippen molar-refractivity contribution in [1.82, 2.24) is 4.90 Å². The summed E-state index contributed by atoms with van der Waals surface area (Å²) in [6, 6.07) is -0.494. The van der Waals surface area contributed by atoms with Crippen LogP contribution in [0, 0.1) is 5.92 Å². The topological polar surface area (TPSA) is 55.8 Å². The third kappa shape index (κ3) is 5.19. The summed E-state index contributed by atoms with van der Waals surface area (Å²) in [6.45, 7) is 8.10. The summed E-state index contributed by atoms with van der Waals surface area (Å²) in [7, 11) is 0. The second-order valence-corrected chi connectivity index (χ2v) is 5.00. The second-order valence-electron chi connectivity index (χ2n) is 5.00. The first-order valence-corrected chi connectivity index (χ1v) is 7.14. The minimum atomic E-state index is -0.494. The van der Waals surface area contributed by atoms with Gasteiger partial charge in [0, 0.05) is 0 Å². The minimum Gasteiger partial charge on any atom is -0.466 e. The van der Waals surface area contributed by atoms with Crippen molar-refractivity contribution in [3.05, 3.63) is 0 Å². The number of carbonyl (C=O) groups is 2. The van der Waals surface area contributed by atoms with Crippen molar-refractivity contribution >= 4 is 11.9 Å². The molecule has 0 unspecified atom stereocenters. The SMILES string of the molecule is CCOC(=O)C[C@H](C(=O)OCC)N1CCC(C)CC1. The van der Waals surface area contributed by atoms with E-state index in [-0.39, 0.29) is 18.4 Å². The number of esters is 2. The molecular formula is C14H25NO4. The average molecular weight is 271 g/mol. The lowest BCUT2D eigenvalue weighted by molar-refractivity contribution is -0.156. The predicted molar refractivity (Wildman–Crippen MR) is 71.6 cm³/mol. The first-order chi connectivity index (χ1) is 9.08. The van der Waals surface area contributed by atoms with E-state index in [0.29, 0.717) is 19.1 Å². The fourth-order valence-corrected chi connectivity index (χ4v) is 2.32. The van der Waals surface area contributed by atoms with Gasteiger partial charge in [-0.3, -0.25) is 14.5 Å². The Morgan fingerprint density at radius 2 is 1.74 bits per heavy atom. The Kier molecular flexibility index (Phi) is 6.84. The van der Waals surface area contributed by atoms with Crippen molar-refractivity contribution in [2.24, 2.45) is 5.92 Å². The fourth-order valence-electron chi connectivity index (χ4n) is 2.32. The summed E-state index contributed by atoms with van der Waals surface area (Å²) < 4.78 is 10.0. The van der Waals surface area contributed by atoms with Crippen LogP contribution in [0.4, 0.5) is 0 Å². The van der Waals surface area contributed by atoms with Crippen LogP contribution < -0.4 is 0 Å². The van der Waals surface area contributed by atoms with Crippen LogP contribution in [0.15, 0.2) is 0 Å². The van der Waals surface area contributed by atoms with Gasteiger partial charge < -0.3 is 9.47 Å². The Labute approximate surface area is 115 Å². The number of carbonyl (C=O) groups excluding carboxylic acids is 2. The molecule has 1 rings (SSSR count). The van der Waals surface area contributed by atoms with E-state index in [9.17, 15) is 9.59 Å². The number of ether oxygens (including phenoxy) is 2. The molecule has 1 aliphatic heterocycles. The molecule has 5 heteroatoms. The van der Waals surface area contributed by atoms with E-state index >= 15 is 0 Å². The smallest absolute Gasteiger partial charge is 0.323 e. The van der Waals surface area contributed by atoms with Crippen molar-refractivity contribution < 1.29 is 19.1 Å². The molecule has 0 saturated carbocycles. The molecule has 1 fully saturated rings. The Balaban J connectivity index is 2.63. The molecule has 1 saturated heterocycles. The lowest BCUT2D eigenvalue weighted by Gasteiger charge is -2.34. The molecule has 0 spiro atoms. The summed E-state index contributed by atoms with van der Waals surface area (Å²) >= 11 is 0. The molecule has 1 heterocycles. The predicted octanol–water partition coefficient (Wildman–Crippen LogP) is 1.60. The van der Waals surface area contributed by atoms with Crippen LogP contribution in [0.2, 0.25) is 0 Å². The van der Waals surface area contributed by atoms with Crippen LogP contribution in [0.5, 0.6) is 0 Å². The molecule has 0 aromatic carbocycles. The van der Waals surface area contributed by atoms with Crippen LogP contribution in [-0.4, -0.2) is 49.2 Å². The molecule has 5 nitrogen and oxygen atoms in total. The molecule has 0 N–H and O–H groups in total. The quantitative estimate of drug-likeness (QED) is 0.687. The van der Waals surface area contributed by atoms with Gasteiger partial charge >= 0.3 is 11.9 Å². The molecule has 110 valence electrons. The average Bonchev–Trinajstić information content (AvgIpc) is 2.38. The van der Waals surface area contributed by atoms with Crippen molar-refractivity contribution in [1.29, 1.82) is 0 Å². The van der Waals surface area contributed by atoms with Crippen LogP contribution in [0.1, 0.15) is 40.0 Å². The highest BCUT2D eigenvalue weighted by molar-refractivity contribution is 5.82. The van der Waals surface area contributed by atoms with E-state index in [4.69, 9.17) is 9.47 Å². The molecule has 1 atom stereocenters. The van der Waals surface area contributed by atoms with Crippen molar-refractivity contribution in [3.8, 4) is 0 Å². The third-order valence-corrected chi connectivity index (χ3v) is 3.48. The molecule has 0 aliphatic carbocycles. The number of piperidine rings is 1. The fraction of sp³-hybridized carbons (Fsp3) is 0.857. The summed E-state index contributed by atoms with van der Waals surface area (Å²) in [4.78, 5) is 25.7. The van der Waals surface area contributed by atoms with E-state index in [0.717, 1.165) is 25.9 Å². The molecule has 0 amide bonds. The monoisotopic (exact) mass is 271 g/mol. The van der Waals surface area contributed by atoms with Gasteiger partial charge in [0.05, 0.1) is 19.6 Å². The number of nitrogens with zero attached hydrogens (tertiary/aromatic N) is 1. The minimum absolute atomic E-state index is 0.0844. The van der Waals surface area contributed by atoms with Crippen LogP contribution >= 0.6 is 0 Å². The maximum Gasteiger partial charge on any atom is 0.323 e. The summed E-state index contributed by atoms with van der Waals surface area (Å²) in [5.74, 6) is 0.0333. The van der Waals surface area contributed by atoms with Gasteiger partial charge in [0.1, 0.15) is 6.04 Å². The Morgan fingerprint density at radius 1 is 1.16 bits per heavy atom. The summed E-state index contributed by atoms with van der Waals surface area (Å²) in [5.41, 5.74) is 0. The second kappa shape index (κ2) is 8.15. The number of hydrogen-bond donors (Lipinski definition) is 0. The van der Waals surface area contributed by atoms with Gasteiger partial charge in [0.25, 0.3) is 0 Å². The molecular weight excluding hydrogens is 246 g/mol. The zero-order chi connectivity index (χ0) is 14.3. The summed E-state index contributed by atoms with van der Waals surface area (Å²) in [5, 5.41) is 0. The first-order valence-electron chi connectivity index (χ1n) is 7.14. The van der Waals surface area contributed by atoms with Crippen molar-refractivity contribution in [2.75, 3.05) is 26.3 Å². The lowest BCUT2D eigenvalue weighted by atomic mass is 9.97. The van der Waals surface area contributed by atoms with E-state index in [1.807, 2.05) is 0 Å². The van der Waals surface area contributed by atoms with Gasteiger partial charge in [-0.25, -0.2) is 0 Å². The van der Waals surface area contributed by atoms with Gasteiger partial charge in [0.2, 0.25) is 0 Å². The normalized spacial score (nSPS) is 18.9. The molecule has 0 aromatic heterocycles. The molecule has 1 aliphatic rings. The largest absolute Gasteiger partial charge is 0.466 e. The maximum atomic E-state index is 12.0. The Bertz CT molecular complexity index is 298. The molecule has 0 radical (unpaired) electrons. The number of rotatable bonds is 6. The summed E-state index contributed by atoms with van der Waals surface area (Å²) in [6.07, 6.45) is 2.19. The van der Waals surface area contributed by atoms with Crippen molar-refractivity contribution in [2.45, 2.75) is 46.1 Å². The van der Waals surface area contributed by atoms with Crippen LogP contribution in [0.25, 0.3) is 0 Å². The van der Waals surface area contributed by atoms with Crippen molar-refractivity contribution in [3.63, 3.8) is 0 Å². The highest BCUT2D eigenvalue weighted by atomic mass is 16.5. The van der Waals surface area contributed by atoms with Gasteiger partial charge in [-0.2, -0.15) is 0 Å². The van der Waals surface area contributed by atoms with Gasteiger partial charge in [-0.1, -0.05) is 6.92 Å². The first kappa shape index (κ1) is 16.0. The highest BCUT2D eigenvalue weighted by Crippen LogP contribution is 2.20. The molecule has 19 heavy (non-hydrogen) atoms. The zero-order valence-corrected chi connectivity index (χ0v) is 12.2. The Hall–Kier alpha value is -1.10. The van der Waals surface area contributed by atoms with Gasteiger partial charge in [-0.15, -0.1) is 0 Å². The standard InChI is InChI=1S/C14H25NO4/c1-4-18-13(16)10-12(14(17)19-5-2)15-8-6-11(3)7-9-15/h11-12H,4-10H2,1-3H3/t12-/m1/s1. The highest BCUT2D eigenvalue weighted by Gasteiger charge is 2.32. The third-order valence-electron chi connectivity index (χ3n) is 3.48. The van der Waals surface area contributed by atoms with Crippen LogP contribution in [0.3, 0.4) is 0 Å². The zero-order valence-electron chi connectivity index (χ0n) is 12.2. The molecule has 0 aromatic rings. The number of hydrogen-bond acceptors (Lipinski definition) is 5. The van der Waals surface area contributed by atoms with Crippen LogP contribution in [-0.2, 0) is 19.1 Å². The molecule has 0 bridgehead atoms. The van der Waals surface area contributed by atoms with Gasteiger partial charge in [0.15, 0.2) is 0 Å². The number of likely N-dealkylation sites (tertiary alicyclic amines) is 1. The maximum absolute atomic E-state index is 12.0. The van der Waals surface area contributed by atoms with E-state index in [1.54, 1.807) is 13.8 Å². The Morgan fingerprint density at radius 3 is 2.26 bits per heavy atom. The van der Waals surface area contributed by atoms with Gasteiger partial charge in [-0.05, 0) is 45.7 Å². The van der Waals surface area contributed by atoms with E-state index in [2.05, 4.69) is 11.8 Å². The lowest BCUT2D eigenvalue weighted by Crippen LogP contribution is -2.47. The van der Waals surface area contributed by atoms with E-state index in [1.165, 1.54) is 0 Å².